The average Bonchev–Trinajstić information content (AvgIpc) is 2.82. The number of aliphatic hydroxyl groups is 1. The molecule has 7 nitrogen and oxygen atoms in total. The van der Waals surface area contributed by atoms with Gasteiger partial charge in [-0.15, -0.1) is 0 Å². The molecule has 5 rings (SSSR count). The molecule has 7 heteroatoms. The molecular formula is C28H32O7. The van der Waals surface area contributed by atoms with Crippen LogP contribution in [-0.2, 0) is 4.79 Å². The summed E-state index contributed by atoms with van der Waals surface area (Å²) in [6, 6.07) is 6.96. The fraction of sp³-hybridized carbons (Fsp3) is 0.500. The number of hydrogen-bond donors (Lipinski definition) is 1. The number of methoxy groups -OCH3 is 2. The maximum atomic E-state index is 13.4. The molecule has 1 N–H and O–H groups in total. The van der Waals surface area contributed by atoms with Crippen molar-refractivity contribution in [2.24, 2.45) is 10.8 Å². The molecule has 2 aromatic rings. The van der Waals surface area contributed by atoms with Crippen LogP contribution in [0.15, 0.2) is 39.1 Å². The first-order chi connectivity index (χ1) is 16.4. The zero-order chi connectivity index (χ0) is 25.4. The van der Waals surface area contributed by atoms with Gasteiger partial charge < -0.3 is 23.7 Å². The van der Waals surface area contributed by atoms with Crippen molar-refractivity contribution in [3.63, 3.8) is 0 Å². The third-order valence-corrected chi connectivity index (χ3v) is 8.80. The van der Waals surface area contributed by atoms with E-state index in [-0.39, 0.29) is 11.3 Å². The highest BCUT2D eigenvalue weighted by atomic mass is 16.5. The molecule has 1 aromatic heterocycles. The van der Waals surface area contributed by atoms with Crippen LogP contribution >= 0.6 is 0 Å². The standard InChI is InChI=1S/C28H32O7/c1-25(2)10-9-23(29)27(4)22-14-17-20(35-26(22,3)11-12-28(25,27)31)15-19(34-24(17)30)16-7-8-18(32-5)21(13-16)33-6/h7-8,13-15,31H,9-12H2,1-6H3/t26-,27+,28-/m0/s1. The fourth-order valence-electron chi connectivity index (χ4n) is 6.45. The maximum absolute atomic E-state index is 13.4. The fourth-order valence-corrected chi connectivity index (χ4v) is 6.45. The van der Waals surface area contributed by atoms with Gasteiger partial charge in [-0.25, -0.2) is 4.79 Å². The summed E-state index contributed by atoms with van der Waals surface area (Å²) in [6.45, 7) is 7.78. The van der Waals surface area contributed by atoms with E-state index in [4.69, 9.17) is 18.6 Å². The van der Waals surface area contributed by atoms with Gasteiger partial charge in [-0.05, 0) is 68.4 Å². The minimum atomic E-state index is -1.23. The summed E-state index contributed by atoms with van der Waals surface area (Å²) in [7, 11) is 3.10. The van der Waals surface area contributed by atoms with Gasteiger partial charge in [0.15, 0.2) is 11.5 Å². The van der Waals surface area contributed by atoms with Crippen LogP contribution in [0.4, 0.5) is 0 Å². The summed E-state index contributed by atoms with van der Waals surface area (Å²) in [5, 5.41) is 12.0. The quantitative estimate of drug-likeness (QED) is 0.676. The highest BCUT2D eigenvalue weighted by Gasteiger charge is 2.69. The summed E-state index contributed by atoms with van der Waals surface area (Å²) >= 11 is 0. The first kappa shape index (κ1) is 23.7. The van der Waals surface area contributed by atoms with Crippen LogP contribution in [0.1, 0.15) is 58.9 Å². The van der Waals surface area contributed by atoms with Gasteiger partial charge in [-0.1, -0.05) is 13.8 Å². The van der Waals surface area contributed by atoms with E-state index in [0.717, 1.165) is 0 Å². The Morgan fingerprint density at radius 2 is 1.66 bits per heavy atom. The Bertz CT molecular complexity index is 1320. The summed E-state index contributed by atoms with van der Waals surface area (Å²) in [4.78, 5) is 26.6. The molecule has 2 fully saturated rings. The third kappa shape index (κ3) is 3.07. The van der Waals surface area contributed by atoms with E-state index in [2.05, 4.69) is 0 Å². The Morgan fingerprint density at radius 3 is 2.34 bits per heavy atom. The number of carbonyl (C=O) groups excluding carboxylic acids is 1. The molecule has 0 spiro atoms. The lowest BCUT2D eigenvalue weighted by Gasteiger charge is -2.63. The molecule has 35 heavy (non-hydrogen) atoms. The van der Waals surface area contributed by atoms with Crippen molar-refractivity contribution in [2.45, 2.75) is 64.6 Å². The highest BCUT2D eigenvalue weighted by Crippen LogP contribution is 2.64. The van der Waals surface area contributed by atoms with Gasteiger partial charge in [0.2, 0.25) is 0 Å². The number of carbonyl (C=O) groups is 1. The first-order valence-electron chi connectivity index (χ1n) is 12.0. The molecule has 1 aliphatic heterocycles. The van der Waals surface area contributed by atoms with Gasteiger partial charge in [0, 0.05) is 18.1 Å². The second-order valence-electron chi connectivity index (χ2n) is 10.9. The SMILES string of the molecule is COc1ccc(-c2cc3c(c(=O)o2)C=C2[C@]4(C)C(=O)CCC(C)(C)[C@@]4(O)CC[C@]2(C)O3)cc1OC. The van der Waals surface area contributed by atoms with E-state index in [1.165, 1.54) is 0 Å². The topological polar surface area (TPSA) is 95.2 Å². The van der Waals surface area contributed by atoms with Gasteiger partial charge in [0.05, 0.1) is 25.2 Å². The molecule has 2 aliphatic carbocycles. The molecule has 2 heterocycles. The Hall–Kier alpha value is -3.06. The van der Waals surface area contributed by atoms with Gasteiger partial charge in [0.25, 0.3) is 0 Å². The van der Waals surface area contributed by atoms with Gasteiger partial charge in [-0.3, -0.25) is 4.79 Å². The van der Waals surface area contributed by atoms with Crippen molar-refractivity contribution >= 4 is 11.9 Å². The normalized spacial score (nSPS) is 30.8. The number of hydrogen-bond acceptors (Lipinski definition) is 7. The van der Waals surface area contributed by atoms with Crippen molar-refractivity contribution in [3.8, 4) is 28.6 Å². The van der Waals surface area contributed by atoms with Crippen LogP contribution in [-0.4, -0.2) is 36.3 Å². The molecule has 3 atom stereocenters. The van der Waals surface area contributed by atoms with Crippen LogP contribution < -0.4 is 19.8 Å². The van der Waals surface area contributed by atoms with Crippen molar-refractivity contribution in [1.82, 2.24) is 0 Å². The number of Topliss-reactive ketones (excluding diaryl/α,β-unsaturated/α-hetero) is 1. The van der Waals surface area contributed by atoms with Crippen LogP contribution in [0.2, 0.25) is 0 Å². The van der Waals surface area contributed by atoms with Crippen molar-refractivity contribution in [2.75, 3.05) is 14.2 Å². The van der Waals surface area contributed by atoms with Crippen LogP contribution in [0.3, 0.4) is 0 Å². The van der Waals surface area contributed by atoms with E-state index in [1.807, 2.05) is 27.7 Å². The maximum Gasteiger partial charge on any atom is 0.347 e. The molecule has 1 aromatic carbocycles. The third-order valence-electron chi connectivity index (χ3n) is 8.80. The number of rotatable bonds is 3. The Morgan fingerprint density at radius 1 is 0.943 bits per heavy atom. The molecule has 0 unspecified atom stereocenters. The Balaban J connectivity index is 1.66. The summed E-state index contributed by atoms with van der Waals surface area (Å²) in [5.41, 5.74) is -2.71. The average molecular weight is 481 g/mol. The van der Waals surface area contributed by atoms with Gasteiger partial charge in [0.1, 0.15) is 28.5 Å². The second kappa shape index (κ2) is 7.47. The van der Waals surface area contributed by atoms with Crippen LogP contribution in [0.5, 0.6) is 17.2 Å². The molecule has 3 aliphatic rings. The lowest BCUT2D eigenvalue weighted by Crippen LogP contribution is -2.69. The molecule has 0 amide bonds. The van der Waals surface area contributed by atoms with E-state index in [9.17, 15) is 14.7 Å². The monoisotopic (exact) mass is 480 g/mol. The van der Waals surface area contributed by atoms with Crippen molar-refractivity contribution in [1.29, 1.82) is 0 Å². The molecule has 0 radical (unpaired) electrons. The van der Waals surface area contributed by atoms with Gasteiger partial charge >= 0.3 is 5.63 Å². The summed E-state index contributed by atoms with van der Waals surface area (Å²) < 4.78 is 22.9. The largest absolute Gasteiger partial charge is 0.493 e. The summed E-state index contributed by atoms with van der Waals surface area (Å²) in [6.07, 6.45) is 3.67. The van der Waals surface area contributed by atoms with Crippen molar-refractivity contribution in [3.05, 3.63) is 45.8 Å². The molecule has 0 saturated heterocycles. The number of ketones is 1. The molecule has 2 saturated carbocycles. The zero-order valence-electron chi connectivity index (χ0n) is 21.1. The lowest BCUT2D eigenvalue weighted by molar-refractivity contribution is -0.201. The minimum absolute atomic E-state index is 0.0186. The molecule has 0 bridgehead atoms. The smallest absolute Gasteiger partial charge is 0.347 e. The number of benzene rings is 1. The minimum Gasteiger partial charge on any atom is -0.493 e. The van der Waals surface area contributed by atoms with E-state index >= 15 is 0 Å². The van der Waals surface area contributed by atoms with E-state index in [1.54, 1.807) is 44.6 Å². The molecule has 186 valence electrons. The zero-order valence-corrected chi connectivity index (χ0v) is 21.1. The second-order valence-corrected chi connectivity index (χ2v) is 10.9. The Labute approximate surface area is 204 Å². The Kier molecular flexibility index (Phi) is 5.05. The van der Waals surface area contributed by atoms with Crippen LogP contribution in [0.25, 0.3) is 17.4 Å². The lowest BCUT2D eigenvalue weighted by atomic mass is 9.44. The predicted octanol–water partition coefficient (Wildman–Crippen LogP) is 4.78. The van der Waals surface area contributed by atoms with E-state index < -0.39 is 27.7 Å². The predicted molar refractivity (Wildman–Crippen MR) is 131 cm³/mol. The van der Waals surface area contributed by atoms with Crippen LogP contribution in [0, 0.1) is 10.8 Å². The molecular weight excluding hydrogens is 448 g/mol. The van der Waals surface area contributed by atoms with E-state index in [0.29, 0.717) is 59.8 Å². The number of ether oxygens (including phenoxy) is 3. The van der Waals surface area contributed by atoms with Crippen molar-refractivity contribution < 1.29 is 28.5 Å². The van der Waals surface area contributed by atoms with Gasteiger partial charge in [-0.2, -0.15) is 0 Å². The first-order valence-corrected chi connectivity index (χ1v) is 12.0. The summed E-state index contributed by atoms with van der Waals surface area (Å²) in [5.74, 6) is 1.79. The number of fused-ring (bicyclic) bond motifs is 4. The highest BCUT2D eigenvalue weighted by molar-refractivity contribution is 5.93.